The summed E-state index contributed by atoms with van der Waals surface area (Å²) in [6, 6.07) is 0.200. The van der Waals surface area contributed by atoms with Gasteiger partial charge in [-0.1, -0.05) is 6.08 Å². The van der Waals surface area contributed by atoms with Crippen LogP contribution in [0.1, 0.15) is 18.5 Å². The van der Waals surface area contributed by atoms with Crippen LogP contribution in [0.4, 0.5) is 0 Å². The average Bonchev–Trinajstić information content (AvgIpc) is 3.23. The van der Waals surface area contributed by atoms with Crippen molar-refractivity contribution in [3.8, 4) is 0 Å². The maximum atomic E-state index is 12.5. The van der Waals surface area contributed by atoms with E-state index in [1.807, 2.05) is 0 Å². The number of hydrogen-bond donors (Lipinski definition) is 0. The molecular weight excluding hydrogens is 270 g/mol. The van der Waals surface area contributed by atoms with E-state index in [2.05, 4.69) is 6.08 Å². The van der Waals surface area contributed by atoms with Gasteiger partial charge in [0.2, 0.25) is 0 Å². The summed E-state index contributed by atoms with van der Waals surface area (Å²) in [7, 11) is 1.56. The van der Waals surface area contributed by atoms with Crippen LogP contribution in [0.5, 0.6) is 0 Å². The van der Waals surface area contributed by atoms with Crippen LogP contribution in [0.2, 0.25) is 0 Å². The van der Waals surface area contributed by atoms with E-state index < -0.39 is 0 Å². The molecule has 106 valence electrons. The quantitative estimate of drug-likeness (QED) is 0.642. The van der Waals surface area contributed by atoms with Crippen molar-refractivity contribution in [1.82, 2.24) is 13.9 Å². The van der Waals surface area contributed by atoms with Gasteiger partial charge >= 0.3 is 11.4 Å². The average molecular weight is 283 g/mol. The molecule has 4 fully saturated rings. The van der Waals surface area contributed by atoms with Crippen molar-refractivity contribution in [1.29, 1.82) is 0 Å². The second kappa shape index (κ2) is 2.21. The van der Waals surface area contributed by atoms with Crippen LogP contribution in [0.15, 0.2) is 21.7 Å². The number of ketones is 1. The summed E-state index contributed by atoms with van der Waals surface area (Å²) in [5.41, 5.74) is -0.407. The van der Waals surface area contributed by atoms with E-state index in [1.165, 1.54) is 4.57 Å². The predicted octanol–water partition coefficient (Wildman–Crippen LogP) is -0.535. The molecule has 2 bridgehead atoms. The van der Waals surface area contributed by atoms with E-state index in [4.69, 9.17) is 0 Å². The van der Waals surface area contributed by atoms with Crippen molar-refractivity contribution >= 4 is 5.78 Å². The minimum absolute atomic E-state index is 0.00722. The van der Waals surface area contributed by atoms with Gasteiger partial charge in [-0.2, -0.15) is 0 Å². The first-order valence-electron chi connectivity index (χ1n) is 7.69. The number of aromatic nitrogens is 3. The molecule has 2 aliphatic heterocycles. The maximum absolute atomic E-state index is 12.5. The topological polar surface area (TPSA) is 66.0 Å². The first kappa shape index (κ1) is 9.97. The van der Waals surface area contributed by atoms with Gasteiger partial charge in [-0.05, 0) is 29.7 Å². The van der Waals surface area contributed by atoms with Crippen LogP contribution in [-0.2, 0) is 11.8 Å². The smallest absolute Gasteiger partial charge is 0.295 e. The summed E-state index contributed by atoms with van der Waals surface area (Å²) in [6.07, 6.45) is 4.41. The standard InChI is InChI=1S/C15H13N3O3/c1-16-12(20)17-10-7-6-8(7)11(18(17)13(16)21)15-4-5(19)2-3-14(10,15)9(6)15/h2-3,6-11H,4H2,1H3/t6-,7-,8+,9+,10-,11-,14+,15-/m1/s1. The molecular formula is C15H13N3O3. The Kier molecular flexibility index (Phi) is 1.05. The second-order valence-corrected chi connectivity index (χ2v) is 7.86. The third kappa shape index (κ3) is 0.582. The van der Waals surface area contributed by atoms with Gasteiger partial charge in [0, 0.05) is 24.3 Å². The normalized spacial score (nSPS) is 58.2. The summed E-state index contributed by atoms with van der Waals surface area (Å²) in [6.45, 7) is 0. The lowest BCUT2D eigenvalue weighted by Gasteiger charge is -2.48. The summed E-state index contributed by atoms with van der Waals surface area (Å²) >= 11 is 0. The lowest BCUT2D eigenvalue weighted by Crippen LogP contribution is -2.53. The zero-order valence-electron chi connectivity index (χ0n) is 11.4. The maximum Gasteiger partial charge on any atom is 0.347 e. The molecule has 7 aliphatic rings. The van der Waals surface area contributed by atoms with Crippen molar-refractivity contribution in [2.24, 2.45) is 41.5 Å². The number of nitrogens with zero attached hydrogens (tertiary/aromatic N) is 3. The zero-order chi connectivity index (χ0) is 14.0. The molecule has 2 spiro atoms. The van der Waals surface area contributed by atoms with E-state index in [1.54, 1.807) is 22.5 Å². The molecule has 6 heteroatoms. The Morgan fingerprint density at radius 2 is 1.71 bits per heavy atom. The van der Waals surface area contributed by atoms with E-state index in [-0.39, 0.29) is 40.1 Å². The Bertz CT molecular complexity index is 964. The largest absolute Gasteiger partial charge is 0.347 e. The van der Waals surface area contributed by atoms with Gasteiger partial charge < -0.3 is 0 Å². The summed E-state index contributed by atoms with van der Waals surface area (Å²) < 4.78 is 4.71. The van der Waals surface area contributed by atoms with Crippen LogP contribution in [0.3, 0.4) is 0 Å². The first-order valence-corrected chi connectivity index (χ1v) is 7.69. The molecule has 1 aromatic rings. The Morgan fingerprint density at radius 3 is 2.48 bits per heavy atom. The molecule has 0 unspecified atom stereocenters. The minimum Gasteiger partial charge on any atom is -0.295 e. The van der Waals surface area contributed by atoms with Gasteiger partial charge in [-0.3, -0.25) is 4.79 Å². The molecule has 4 saturated carbocycles. The highest BCUT2D eigenvalue weighted by molar-refractivity contribution is 5.93. The van der Waals surface area contributed by atoms with Crippen molar-refractivity contribution in [3.63, 3.8) is 0 Å². The van der Waals surface area contributed by atoms with E-state index in [0.29, 0.717) is 30.1 Å². The Hall–Kier alpha value is -1.85. The van der Waals surface area contributed by atoms with Gasteiger partial charge in [-0.25, -0.2) is 23.5 Å². The van der Waals surface area contributed by atoms with Crippen LogP contribution in [-0.4, -0.2) is 19.7 Å². The minimum atomic E-state index is -0.198. The molecule has 0 N–H and O–H groups in total. The highest BCUT2D eigenvalue weighted by Crippen LogP contribution is 3.03. The lowest BCUT2D eigenvalue weighted by molar-refractivity contribution is -0.119. The van der Waals surface area contributed by atoms with Gasteiger partial charge in [-0.15, -0.1) is 0 Å². The van der Waals surface area contributed by atoms with E-state index in [9.17, 15) is 14.4 Å². The Morgan fingerprint density at radius 1 is 1.05 bits per heavy atom. The van der Waals surface area contributed by atoms with Gasteiger partial charge in [0.1, 0.15) is 0 Å². The predicted molar refractivity (Wildman–Crippen MR) is 69.6 cm³/mol. The summed E-state index contributed by atoms with van der Waals surface area (Å²) in [5.74, 6) is 2.48. The van der Waals surface area contributed by atoms with Crippen LogP contribution >= 0.6 is 0 Å². The number of rotatable bonds is 0. The number of carbonyl (C=O) groups is 1. The molecule has 1 aromatic heterocycles. The molecule has 6 nitrogen and oxygen atoms in total. The molecule has 8 atom stereocenters. The fraction of sp³-hybridized carbons (Fsp3) is 0.667. The summed E-state index contributed by atoms with van der Waals surface area (Å²) in [4.78, 5) is 37.0. The van der Waals surface area contributed by atoms with E-state index in [0.717, 1.165) is 0 Å². The van der Waals surface area contributed by atoms with Crippen molar-refractivity contribution in [2.45, 2.75) is 18.5 Å². The van der Waals surface area contributed by atoms with Gasteiger partial charge in [0.25, 0.3) is 0 Å². The van der Waals surface area contributed by atoms with Crippen LogP contribution in [0, 0.1) is 34.5 Å². The molecule has 3 heterocycles. The third-order valence-corrected chi connectivity index (χ3v) is 7.85. The van der Waals surface area contributed by atoms with Crippen molar-refractivity contribution in [2.75, 3.05) is 0 Å². The van der Waals surface area contributed by atoms with E-state index >= 15 is 0 Å². The van der Waals surface area contributed by atoms with Gasteiger partial charge in [0.15, 0.2) is 5.78 Å². The second-order valence-electron chi connectivity index (χ2n) is 7.86. The zero-order valence-corrected chi connectivity index (χ0v) is 11.4. The number of hydrogen-bond acceptors (Lipinski definition) is 3. The molecule has 8 rings (SSSR count). The molecule has 0 amide bonds. The first-order chi connectivity index (χ1) is 10.1. The van der Waals surface area contributed by atoms with Crippen molar-refractivity contribution < 1.29 is 4.79 Å². The molecule has 21 heavy (non-hydrogen) atoms. The van der Waals surface area contributed by atoms with Crippen LogP contribution < -0.4 is 11.4 Å². The molecule has 0 aromatic carbocycles. The Balaban J connectivity index is 1.68. The molecule has 0 saturated heterocycles. The monoisotopic (exact) mass is 283 g/mol. The molecule has 0 radical (unpaired) electrons. The van der Waals surface area contributed by atoms with Gasteiger partial charge in [0.05, 0.1) is 12.1 Å². The fourth-order valence-electron chi connectivity index (χ4n) is 7.67. The van der Waals surface area contributed by atoms with Crippen molar-refractivity contribution in [3.05, 3.63) is 33.1 Å². The SMILES string of the molecule is Cn1c(=O)n2n(c1=O)[C@@H]1[C@@H]3[C@H]4[C@H]3[C@H]3[C@@]5(C=CC(=O)C[C@]135)[C@@H]42. The number of allylic oxidation sites excluding steroid dienone is 2. The third-order valence-electron chi connectivity index (χ3n) is 7.85. The number of carbonyl (C=O) groups excluding carboxylic acids is 1. The highest BCUT2D eigenvalue weighted by Gasteiger charge is 3.03. The fourth-order valence-corrected chi connectivity index (χ4v) is 7.67. The lowest BCUT2D eigenvalue weighted by atomic mass is 9.67. The Labute approximate surface area is 118 Å². The van der Waals surface area contributed by atoms with Crippen LogP contribution in [0.25, 0.3) is 0 Å². The molecule has 5 aliphatic carbocycles. The highest BCUT2D eigenvalue weighted by atomic mass is 16.2. The summed E-state index contributed by atoms with van der Waals surface area (Å²) in [5, 5.41) is 0.